The van der Waals surface area contributed by atoms with Crippen LogP contribution in [0.1, 0.15) is 71.6 Å². The number of unbranched alkanes of at least 4 members (excludes halogenated alkanes) is 1. The third kappa shape index (κ3) is 4.72. The minimum Gasteiger partial charge on any atom is -0.481 e. The van der Waals surface area contributed by atoms with E-state index in [1.54, 1.807) is 6.92 Å². The topological polar surface area (TPSA) is 99.3 Å². The Labute approximate surface area is 130 Å². The van der Waals surface area contributed by atoms with Crippen molar-refractivity contribution in [3.8, 4) is 0 Å². The van der Waals surface area contributed by atoms with E-state index in [4.69, 9.17) is 5.11 Å². The standard InChI is InChI=1S/C16H24N2O4/c1-4-7-12-14(11(3)19)10(2)18-15(12)16(22)17-9-6-5-8-13(20)21/h18H,4-9H2,1-3H3,(H,17,22)(H,20,21). The average Bonchev–Trinajstić information content (AvgIpc) is 2.75. The Balaban J connectivity index is 2.74. The maximum Gasteiger partial charge on any atom is 0.303 e. The summed E-state index contributed by atoms with van der Waals surface area (Å²) in [4.78, 5) is 37.4. The van der Waals surface area contributed by atoms with Crippen LogP contribution >= 0.6 is 0 Å². The Morgan fingerprint density at radius 1 is 1.23 bits per heavy atom. The number of carbonyl (C=O) groups excluding carboxylic acids is 2. The number of carboxylic acids is 1. The van der Waals surface area contributed by atoms with Crippen LogP contribution in [-0.4, -0.2) is 34.3 Å². The van der Waals surface area contributed by atoms with E-state index in [1.165, 1.54) is 6.92 Å². The molecule has 0 bridgehead atoms. The highest BCUT2D eigenvalue weighted by Gasteiger charge is 2.21. The number of aliphatic carboxylic acids is 1. The van der Waals surface area contributed by atoms with Crippen LogP contribution in [0.4, 0.5) is 0 Å². The van der Waals surface area contributed by atoms with Crippen molar-refractivity contribution in [3.63, 3.8) is 0 Å². The van der Waals surface area contributed by atoms with Crippen LogP contribution in [0, 0.1) is 6.92 Å². The van der Waals surface area contributed by atoms with Gasteiger partial charge >= 0.3 is 5.97 Å². The first-order chi connectivity index (χ1) is 10.4. The molecule has 6 nitrogen and oxygen atoms in total. The monoisotopic (exact) mass is 308 g/mol. The third-order valence-electron chi connectivity index (χ3n) is 3.47. The molecule has 0 radical (unpaired) electrons. The van der Waals surface area contributed by atoms with Gasteiger partial charge in [0.25, 0.3) is 5.91 Å². The van der Waals surface area contributed by atoms with Crippen LogP contribution in [-0.2, 0) is 11.2 Å². The minimum atomic E-state index is -0.831. The van der Waals surface area contributed by atoms with Gasteiger partial charge in [0.2, 0.25) is 0 Å². The summed E-state index contributed by atoms with van der Waals surface area (Å²) in [5.41, 5.74) is 2.54. The van der Waals surface area contributed by atoms with Crippen LogP contribution in [0.25, 0.3) is 0 Å². The van der Waals surface area contributed by atoms with E-state index in [0.717, 1.165) is 12.0 Å². The number of aromatic nitrogens is 1. The molecule has 3 N–H and O–H groups in total. The van der Waals surface area contributed by atoms with E-state index in [2.05, 4.69) is 10.3 Å². The quantitative estimate of drug-likeness (QED) is 0.482. The number of amides is 1. The number of rotatable bonds is 9. The van der Waals surface area contributed by atoms with Crippen LogP contribution in [0.3, 0.4) is 0 Å². The lowest BCUT2D eigenvalue weighted by Gasteiger charge is -2.06. The van der Waals surface area contributed by atoms with Crippen LogP contribution < -0.4 is 5.32 Å². The molecule has 0 aliphatic carbocycles. The molecule has 0 aliphatic rings. The van der Waals surface area contributed by atoms with Crippen molar-refractivity contribution in [1.82, 2.24) is 10.3 Å². The van der Waals surface area contributed by atoms with Gasteiger partial charge in [0, 0.05) is 24.2 Å². The second-order valence-corrected chi connectivity index (χ2v) is 5.39. The highest BCUT2D eigenvalue weighted by atomic mass is 16.4. The predicted molar refractivity (Wildman–Crippen MR) is 83.3 cm³/mol. The van der Waals surface area contributed by atoms with E-state index in [-0.39, 0.29) is 18.1 Å². The van der Waals surface area contributed by atoms with Gasteiger partial charge in [-0.25, -0.2) is 0 Å². The maximum atomic E-state index is 12.3. The molecule has 0 saturated carbocycles. The van der Waals surface area contributed by atoms with Gasteiger partial charge in [0.1, 0.15) is 5.69 Å². The third-order valence-corrected chi connectivity index (χ3v) is 3.47. The molecule has 1 rings (SSSR count). The zero-order valence-corrected chi connectivity index (χ0v) is 13.4. The van der Waals surface area contributed by atoms with Gasteiger partial charge in [-0.05, 0) is 38.7 Å². The number of aromatic amines is 1. The fourth-order valence-corrected chi connectivity index (χ4v) is 2.54. The molecule has 122 valence electrons. The summed E-state index contributed by atoms with van der Waals surface area (Å²) in [6.45, 7) is 5.72. The molecule has 0 aliphatic heterocycles. The van der Waals surface area contributed by atoms with Crippen molar-refractivity contribution in [2.75, 3.05) is 6.54 Å². The van der Waals surface area contributed by atoms with Gasteiger partial charge in [-0.2, -0.15) is 0 Å². The predicted octanol–water partition coefficient (Wildman–Crippen LogP) is 2.46. The van der Waals surface area contributed by atoms with Gasteiger partial charge in [0.05, 0.1) is 0 Å². The van der Waals surface area contributed by atoms with Crippen molar-refractivity contribution in [2.24, 2.45) is 0 Å². The molecule has 0 spiro atoms. The fourth-order valence-electron chi connectivity index (χ4n) is 2.54. The molecule has 1 aromatic heterocycles. The first kappa shape index (κ1) is 17.9. The van der Waals surface area contributed by atoms with Crippen molar-refractivity contribution < 1.29 is 19.5 Å². The number of Topliss-reactive ketones (excluding diaryl/α,β-unsaturated/α-hetero) is 1. The van der Waals surface area contributed by atoms with Crippen LogP contribution in [0.5, 0.6) is 0 Å². The maximum absolute atomic E-state index is 12.3. The molecule has 0 unspecified atom stereocenters. The Morgan fingerprint density at radius 3 is 2.45 bits per heavy atom. The van der Waals surface area contributed by atoms with Gasteiger partial charge in [0.15, 0.2) is 5.78 Å². The van der Waals surface area contributed by atoms with E-state index in [1.807, 2.05) is 6.92 Å². The number of aryl methyl sites for hydroxylation is 1. The van der Waals surface area contributed by atoms with Crippen molar-refractivity contribution in [2.45, 2.75) is 52.9 Å². The van der Waals surface area contributed by atoms with Crippen molar-refractivity contribution in [3.05, 3.63) is 22.5 Å². The Hall–Kier alpha value is -2.11. The number of nitrogens with one attached hydrogen (secondary N) is 2. The molecule has 0 fully saturated rings. The highest BCUT2D eigenvalue weighted by Crippen LogP contribution is 2.21. The lowest BCUT2D eigenvalue weighted by atomic mass is 10.0. The summed E-state index contributed by atoms with van der Waals surface area (Å²) in [5, 5.41) is 11.3. The summed E-state index contributed by atoms with van der Waals surface area (Å²) >= 11 is 0. The van der Waals surface area contributed by atoms with E-state index in [9.17, 15) is 14.4 Å². The molecule has 1 aromatic rings. The molecule has 22 heavy (non-hydrogen) atoms. The Morgan fingerprint density at radius 2 is 1.91 bits per heavy atom. The van der Waals surface area contributed by atoms with Gasteiger partial charge in [-0.15, -0.1) is 0 Å². The lowest BCUT2D eigenvalue weighted by Crippen LogP contribution is -2.26. The van der Waals surface area contributed by atoms with Crippen molar-refractivity contribution in [1.29, 1.82) is 0 Å². The smallest absolute Gasteiger partial charge is 0.303 e. The first-order valence-corrected chi connectivity index (χ1v) is 7.60. The van der Waals surface area contributed by atoms with Gasteiger partial charge in [-0.1, -0.05) is 13.3 Å². The molecule has 0 aromatic carbocycles. The lowest BCUT2D eigenvalue weighted by molar-refractivity contribution is -0.137. The summed E-state index contributed by atoms with van der Waals surface area (Å²) in [7, 11) is 0. The summed E-state index contributed by atoms with van der Waals surface area (Å²) in [6.07, 6.45) is 2.75. The fraction of sp³-hybridized carbons (Fsp3) is 0.562. The number of H-pyrrole nitrogens is 1. The molecule has 0 atom stereocenters. The number of ketones is 1. The van der Waals surface area contributed by atoms with Gasteiger partial charge < -0.3 is 15.4 Å². The van der Waals surface area contributed by atoms with Crippen molar-refractivity contribution >= 4 is 17.7 Å². The molecule has 6 heteroatoms. The van der Waals surface area contributed by atoms with E-state index >= 15 is 0 Å². The number of hydrogen-bond donors (Lipinski definition) is 3. The van der Waals surface area contributed by atoms with Gasteiger partial charge in [-0.3, -0.25) is 14.4 Å². The van der Waals surface area contributed by atoms with E-state index < -0.39 is 5.97 Å². The largest absolute Gasteiger partial charge is 0.481 e. The molecular formula is C16H24N2O4. The minimum absolute atomic E-state index is 0.0438. The second-order valence-electron chi connectivity index (χ2n) is 5.39. The summed E-state index contributed by atoms with van der Waals surface area (Å²) in [5.74, 6) is -1.12. The molecular weight excluding hydrogens is 284 g/mol. The normalized spacial score (nSPS) is 10.5. The van der Waals surface area contributed by atoms with E-state index in [0.29, 0.717) is 42.8 Å². The zero-order chi connectivity index (χ0) is 16.7. The van der Waals surface area contributed by atoms with Crippen LogP contribution in [0.2, 0.25) is 0 Å². The molecule has 1 heterocycles. The Kier molecular flexibility index (Phi) is 6.82. The summed E-state index contributed by atoms with van der Waals surface area (Å²) < 4.78 is 0. The number of carboxylic acid groups (broad SMARTS) is 1. The number of hydrogen-bond acceptors (Lipinski definition) is 3. The first-order valence-electron chi connectivity index (χ1n) is 7.60. The SMILES string of the molecule is CCCc1c(C(=O)NCCCCC(=O)O)[nH]c(C)c1C(C)=O. The molecule has 0 saturated heterocycles. The van der Waals surface area contributed by atoms with Crippen LogP contribution in [0.15, 0.2) is 0 Å². The molecule has 1 amide bonds. The second kappa shape index (κ2) is 8.36. The average molecular weight is 308 g/mol. The zero-order valence-electron chi connectivity index (χ0n) is 13.4. The number of carbonyl (C=O) groups is 3. The summed E-state index contributed by atoms with van der Waals surface area (Å²) in [6, 6.07) is 0. The highest BCUT2D eigenvalue weighted by molar-refractivity contribution is 6.02. The Bertz CT molecular complexity index is 561.